The second-order valence-electron chi connectivity index (χ2n) is 9.46. The lowest BCUT2D eigenvalue weighted by molar-refractivity contribution is -0.286. The molecule has 0 aromatic heterocycles. The molecule has 3 aromatic rings. The Labute approximate surface area is 282 Å². The molecule has 0 spiro atoms. The fourth-order valence-electron chi connectivity index (χ4n) is 3.93. The molecule has 0 atom stereocenters. The van der Waals surface area contributed by atoms with E-state index in [0.29, 0.717) is 37.3 Å². The van der Waals surface area contributed by atoms with Gasteiger partial charge in [0.2, 0.25) is 0 Å². The molecule has 0 bridgehead atoms. The van der Waals surface area contributed by atoms with E-state index in [0.717, 1.165) is 0 Å². The van der Waals surface area contributed by atoms with Crippen molar-refractivity contribution in [2.75, 3.05) is 21.3 Å². The molecule has 3 N–H and O–H groups in total. The molecule has 12 nitrogen and oxygen atoms in total. The summed E-state index contributed by atoms with van der Waals surface area (Å²) in [6.45, 7) is 0. The Bertz CT molecular complexity index is 1650. The minimum absolute atomic E-state index is 0.137. The van der Waals surface area contributed by atoms with Gasteiger partial charge < -0.3 is 28.2 Å². The molecular weight excluding hydrogens is 749 g/mol. The van der Waals surface area contributed by atoms with Crippen molar-refractivity contribution in [1.82, 2.24) is 16.0 Å². The van der Waals surface area contributed by atoms with E-state index >= 15 is 0 Å². The first-order chi connectivity index (χ1) is 24.0. The average molecular weight is 767 g/mol. The van der Waals surface area contributed by atoms with Crippen molar-refractivity contribution >= 4 is 25.0 Å². The maximum Gasteiger partial charge on any atom is 0.656 e. The topological polar surface area (TPSA) is 143 Å². The van der Waals surface area contributed by atoms with Crippen molar-refractivity contribution in [3.8, 4) is 17.2 Å². The molecule has 0 saturated heterocycles. The number of benzene rings is 3. The Kier molecular flexibility index (Phi) is 12.5. The standard InChI is InChI=1S/C27H18BF12N3O9/c1-47-19-13(4-10(29)7-16(19)32)22(44)41-25(35,36)50-28(51-26(37,38)42-23(45)14-5-11(30)8-17(33)20(14)48-2)52-27(39,40)43-24(46)15-6-12(31)9-18(34)21(15)49-3/h4-9H,1-3H3,(H,41,44)(H,42,45)(H,43,46). The first-order valence-corrected chi connectivity index (χ1v) is 13.3. The van der Waals surface area contributed by atoms with Crippen molar-refractivity contribution in [1.29, 1.82) is 0 Å². The summed E-state index contributed by atoms with van der Waals surface area (Å²) < 4.78 is 196. The predicted molar refractivity (Wildman–Crippen MR) is 145 cm³/mol. The van der Waals surface area contributed by atoms with E-state index in [1.807, 2.05) is 0 Å². The van der Waals surface area contributed by atoms with Gasteiger partial charge in [0.15, 0.2) is 34.7 Å². The third kappa shape index (κ3) is 10.3. The molecule has 3 rings (SSSR count). The maximum absolute atomic E-state index is 14.8. The lowest BCUT2D eigenvalue weighted by Gasteiger charge is -2.28. The van der Waals surface area contributed by atoms with Crippen molar-refractivity contribution < 1.29 is 95.2 Å². The monoisotopic (exact) mass is 767 g/mol. The summed E-state index contributed by atoms with van der Waals surface area (Å²) in [5, 5.41) is 1.68. The molecular formula is C27H18BF12N3O9. The van der Waals surface area contributed by atoms with Gasteiger partial charge in [-0.25, -0.2) is 26.3 Å². The smallest absolute Gasteiger partial charge is 0.493 e. The van der Waals surface area contributed by atoms with Gasteiger partial charge in [-0.15, -0.1) is 0 Å². The van der Waals surface area contributed by atoms with Crippen LogP contribution in [0.5, 0.6) is 17.2 Å². The van der Waals surface area contributed by atoms with Gasteiger partial charge in [0.05, 0.1) is 38.0 Å². The minimum atomic E-state index is -5.53. The van der Waals surface area contributed by atoms with Gasteiger partial charge in [0, 0.05) is 18.2 Å². The predicted octanol–water partition coefficient (Wildman–Crippen LogP) is 4.82. The number of halogens is 12. The summed E-state index contributed by atoms with van der Waals surface area (Å²) >= 11 is 0. The van der Waals surface area contributed by atoms with Gasteiger partial charge in [0.1, 0.15) is 17.5 Å². The number of methoxy groups -OCH3 is 3. The van der Waals surface area contributed by atoms with E-state index in [2.05, 4.69) is 28.2 Å². The average Bonchev–Trinajstić information content (AvgIpc) is 2.98. The largest absolute Gasteiger partial charge is 0.656 e. The van der Waals surface area contributed by atoms with Crippen LogP contribution in [0.1, 0.15) is 31.1 Å². The fourth-order valence-corrected chi connectivity index (χ4v) is 3.93. The molecule has 3 amide bonds. The summed E-state index contributed by atoms with van der Waals surface area (Å²) in [5.74, 6) is -19.5. The maximum atomic E-state index is 14.8. The van der Waals surface area contributed by atoms with E-state index in [-0.39, 0.29) is 36.4 Å². The zero-order valence-corrected chi connectivity index (χ0v) is 25.8. The van der Waals surface area contributed by atoms with Gasteiger partial charge in [-0.2, -0.15) is 26.3 Å². The normalized spacial score (nSPS) is 11.8. The van der Waals surface area contributed by atoms with E-state index in [1.54, 1.807) is 0 Å². The lowest BCUT2D eigenvalue weighted by atomic mass is 10.1. The van der Waals surface area contributed by atoms with Gasteiger partial charge in [-0.1, -0.05) is 0 Å². The summed E-state index contributed by atoms with van der Waals surface area (Å²) in [4.78, 5) is 37.2. The van der Waals surface area contributed by atoms with Crippen molar-refractivity contribution in [2.45, 2.75) is 18.7 Å². The molecule has 3 aromatic carbocycles. The van der Waals surface area contributed by atoms with E-state index in [9.17, 15) is 67.1 Å². The van der Waals surface area contributed by atoms with Crippen LogP contribution in [0.2, 0.25) is 0 Å². The highest BCUT2D eigenvalue weighted by molar-refractivity contribution is 6.36. The highest BCUT2D eigenvalue weighted by Crippen LogP contribution is 2.30. The number of nitrogens with one attached hydrogen (secondary N) is 3. The van der Waals surface area contributed by atoms with Crippen molar-refractivity contribution in [2.24, 2.45) is 0 Å². The number of hydrogen-bond acceptors (Lipinski definition) is 9. The minimum Gasteiger partial charge on any atom is -0.493 e. The number of rotatable bonds is 15. The van der Waals surface area contributed by atoms with Crippen LogP contribution in [0.15, 0.2) is 36.4 Å². The Morgan fingerprint density at radius 3 is 0.923 bits per heavy atom. The van der Waals surface area contributed by atoms with E-state index in [1.165, 1.54) is 0 Å². The highest BCUT2D eigenvalue weighted by Gasteiger charge is 2.53. The number of amides is 3. The Hall–Kier alpha value is -5.43. The zero-order chi connectivity index (χ0) is 39.3. The van der Waals surface area contributed by atoms with Crippen LogP contribution in [0, 0.1) is 34.9 Å². The van der Waals surface area contributed by atoms with Crippen LogP contribution in [0.3, 0.4) is 0 Å². The molecule has 52 heavy (non-hydrogen) atoms. The van der Waals surface area contributed by atoms with E-state index in [4.69, 9.17) is 0 Å². The van der Waals surface area contributed by atoms with Crippen LogP contribution in [0.4, 0.5) is 52.7 Å². The molecule has 0 fully saturated rings. The Balaban J connectivity index is 1.96. The summed E-state index contributed by atoms with van der Waals surface area (Å²) in [6.07, 6.45) is -16.6. The molecule has 25 heteroatoms. The van der Waals surface area contributed by atoms with Gasteiger partial charge in [-0.05, 0) is 18.2 Å². The first-order valence-electron chi connectivity index (χ1n) is 13.3. The molecule has 0 aliphatic heterocycles. The quantitative estimate of drug-likeness (QED) is 0.0859. The van der Waals surface area contributed by atoms with Crippen LogP contribution in [-0.2, 0) is 14.0 Å². The number of ether oxygens (including phenoxy) is 3. The molecule has 0 heterocycles. The number of alkyl halides is 6. The number of carbonyl (C=O) groups is 3. The molecule has 0 saturated carbocycles. The van der Waals surface area contributed by atoms with Gasteiger partial charge in [-0.3, -0.25) is 30.3 Å². The summed E-state index contributed by atoms with van der Waals surface area (Å²) in [6, 6.07) is 0.859. The van der Waals surface area contributed by atoms with Gasteiger partial charge >= 0.3 is 26.0 Å². The number of hydrogen-bond donors (Lipinski definition) is 3. The second kappa shape index (κ2) is 15.9. The van der Waals surface area contributed by atoms with Gasteiger partial charge in [0.25, 0.3) is 17.7 Å². The third-order valence-electron chi connectivity index (χ3n) is 5.88. The first kappa shape index (κ1) is 41.0. The molecule has 0 radical (unpaired) electrons. The van der Waals surface area contributed by atoms with Crippen LogP contribution < -0.4 is 30.2 Å². The zero-order valence-electron chi connectivity index (χ0n) is 25.8. The second-order valence-corrected chi connectivity index (χ2v) is 9.46. The summed E-state index contributed by atoms with van der Waals surface area (Å²) in [5.41, 5.74) is -3.99. The molecule has 0 unspecified atom stereocenters. The summed E-state index contributed by atoms with van der Waals surface area (Å²) in [7, 11) is -2.15. The van der Waals surface area contributed by atoms with Crippen molar-refractivity contribution in [3.63, 3.8) is 0 Å². The van der Waals surface area contributed by atoms with Crippen LogP contribution in [-0.4, -0.2) is 65.1 Å². The Morgan fingerprint density at radius 1 is 0.481 bits per heavy atom. The number of carbonyl (C=O) groups excluding carboxylic acids is 3. The Morgan fingerprint density at radius 2 is 0.712 bits per heavy atom. The fraction of sp³-hybridized carbons (Fsp3) is 0.222. The SMILES string of the molecule is COc1c(F)cc(F)cc1C(=O)NC(F)(F)OB(OC(F)(F)NC(=O)c1cc(F)cc(F)c1OC)OC(F)(F)NC(=O)c1cc(F)cc(F)c1OC. The molecule has 0 aliphatic rings. The van der Waals surface area contributed by atoms with Crippen LogP contribution >= 0.6 is 0 Å². The molecule has 0 aliphatic carbocycles. The van der Waals surface area contributed by atoms with E-state index < -0.39 is 113 Å². The third-order valence-corrected chi connectivity index (χ3v) is 5.88. The molecule has 282 valence electrons. The van der Waals surface area contributed by atoms with Crippen molar-refractivity contribution in [3.05, 3.63) is 88.0 Å². The highest BCUT2D eigenvalue weighted by atomic mass is 19.3. The lowest BCUT2D eigenvalue weighted by Crippen LogP contribution is -2.57. The van der Waals surface area contributed by atoms with Crippen LogP contribution in [0.25, 0.3) is 0 Å².